The summed E-state index contributed by atoms with van der Waals surface area (Å²) in [7, 11) is 0. The first-order valence-electron chi connectivity index (χ1n) is 11.0. The fourth-order valence-corrected chi connectivity index (χ4v) is 4.43. The molecule has 2 atom stereocenters. The predicted molar refractivity (Wildman–Crippen MR) is 116 cm³/mol. The number of amides is 1. The molecule has 0 aromatic heterocycles. The normalized spacial score (nSPS) is 22.6. The van der Waals surface area contributed by atoms with Crippen LogP contribution >= 0.6 is 0 Å². The van der Waals surface area contributed by atoms with Gasteiger partial charge in [-0.2, -0.15) is 0 Å². The van der Waals surface area contributed by atoms with E-state index < -0.39 is 0 Å². The van der Waals surface area contributed by atoms with Crippen molar-refractivity contribution in [1.82, 2.24) is 4.90 Å². The van der Waals surface area contributed by atoms with Crippen LogP contribution in [-0.2, 0) is 20.9 Å². The fraction of sp³-hybridized carbons (Fsp3) is 0.440. The summed E-state index contributed by atoms with van der Waals surface area (Å²) in [6.07, 6.45) is 2.14. The molecule has 2 aliphatic heterocycles. The highest BCUT2D eigenvalue weighted by molar-refractivity contribution is 5.81. The number of rotatable bonds is 8. The van der Waals surface area contributed by atoms with E-state index >= 15 is 0 Å². The summed E-state index contributed by atoms with van der Waals surface area (Å²) in [5, 5.41) is 0. The summed E-state index contributed by atoms with van der Waals surface area (Å²) < 4.78 is 16.9. The van der Waals surface area contributed by atoms with Gasteiger partial charge in [-0.1, -0.05) is 48.5 Å². The van der Waals surface area contributed by atoms with E-state index in [1.54, 1.807) is 4.90 Å². The molecule has 6 heteroatoms. The molecule has 2 fully saturated rings. The lowest BCUT2D eigenvalue weighted by Gasteiger charge is -2.47. The van der Waals surface area contributed by atoms with Gasteiger partial charge in [0.25, 0.3) is 0 Å². The Morgan fingerprint density at radius 3 is 2.26 bits per heavy atom. The molecule has 6 nitrogen and oxygen atoms in total. The zero-order valence-corrected chi connectivity index (χ0v) is 17.7. The van der Waals surface area contributed by atoms with Crippen LogP contribution in [0.5, 0.6) is 5.75 Å². The van der Waals surface area contributed by atoms with E-state index in [1.807, 2.05) is 60.7 Å². The third-order valence-corrected chi connectivity index (χ3v) is 5.97. The summed E-state index contributed by atoms with van der Waals surface area (Å²) in [6, 6.07) is 19.1. The average molecular weight is 424 g/mol. The first-order chi connectivity index (χ1) is 15.2. The number of ether oxygens (including phenoxy) is 3. The summed E-state index contributed by atoms with van der Waals surface area (Å²) in [5.74, 6) is 1.05. The van der Waals surface area contributed by atoms with E-state index in [0.717, 1.165) is 11.3 Å². The van der Waals surface area contributed by atoms with E-state index in [1.165, 1.54) is 0 Å². The van der Waals surface area contributed by atoms with Crippen LogP contribution in [0.2, 0.25) is 0 Å². The Bertz CT molecular complexity index is 843. The minimum absolute atomic E-state index is 0.0335. The van der Waals surface area contributed by atoms with Crippen LogP contribution in [0, 0.1) is 5.92 Å². The number of carbonyl (C=O) groups excluding carboxylic acids is 2. The molecule has 1 amide bonds. The van der Waals surface area contributed by atoms with Crippen LogP contribution in [0.4, 0.5) is 4.79 Å². The second kappa shape index (κ2) is 10.4. The number of benzene rings is 2. The number of hydrogen-bond donors (Lipinski definition) is 0. The fourth-order valence-electron chi connectivity index (χ4n) is 4.43. The molecule has 2 aromatic carbocycles. The summed E-state index contributed by atoms with van der Waals surface area (Å²) >= 11 is 0. The van der Waals surface area contributed by atoms with Crippen molar-refractivity contribution < 1.29 is 23.8 Å². The van der Waals surface area contributed by atoms with Gasteiger partial charge in [-0.15, -0.1) is 0 Å². The Kier molecular flexibility index (Phi) is 7.20. The van der Waals surface area contributed by atoms with Gasteiger partial charge in [0, 0.05) is 12.3 Å². The van der Waals surface area contributed by atoms with Crippen LogP contribution in [0.3, 0.4) is 0 Å². The first-order valence-corrected chi connectivity index (χ1v) is 11.0. The second-order valence-electron chi connectivity index (χ2n) is 8.19. The maximum absolute atomic E-state index is 12.8. The van der Waals surface area contributed by atoms with Crippen molar-refractivity contribution >= 4 is 11.9 Å². The number of para-hydroxylation sites is 1. The standard InChI is InChI=1S/C25H29NO5/c27-24(12-7-13-30-23-10-5-2-6-11-23)20-14-21-17-29-18-22(15-20)26(21)25(28)31-16-19-8-3-1-4-9-19/h1-6,8-11,20-22H,7,12-18H2. The molecular formula is C25H29NO5. The lowest BCUT2D eigenvalue weighted by molar-refractivity contribution is -0.131. The van der Waals surface area contributed by atoms with Gasteiger partial charge in [0.1, 0.15) is 18.1 Å². The quantitative estimate of drug-likeness (QED) is 0.595. The van der Waals surface area contributed by atoms with Crippen molar-refractivity contribution in [3.8, 4) is 5.75 Å². The number of nitrogens with zero attached hydrogens (tertiary/aromatic N) is 1. The Labute approximate surface area is 183 Å². The molecule has 0 spiro atoms. The molecule has 4 rings (SSSR count). The zero-order valence-electron chi connectivity index (χ0n) is 17.7. The molecule has 0 N–H and O–H groups in total. The third-order valence-electron chi connectivity index (χ3n) is 5.97. The first kappa shape index (κ1) is 21.4. The van der Waals surface area contributed by atoms with Crippen molar-refractivity contribution in [2.75, 3.05) is 19.8 Å². The topological polar surface area (TPSA) is 65.1 Å². The number of morpholine rings is 1. The van der Waals surface area contributed by atoms with Gasteiger partial charge in [-0.25, -0.2) is 4.79 Å². The number of ketones is 1. The van der Waals surface area contributed by atoms with Crippen molar-refractivity contribution in [2.45, 2.75) is 44.4 Å². The Balaban J connectivity index is 1.25. The van der Waals surface area contributed by atoms with Crippen molar-refractivity contribution in [2.24, 2.45) is 5.92 Å². The monoisotopic (exact) mass is 423 g/mol. The van der Waals surface area contributed by atoms with Crippen LogP contribution in [0.25, 0.3) is 0 Å². The van der Waals surface area contributed by atoms with Crippen molar-refractivity contribution in [1.29, 1.82) is 0 Å². The van der Waals surface area contributed by atoms with Gasteiger partial charge in [0.05, 0.1) is 31.9 Å². The zero-order chi connectivity index (χ0) is 21.5. The minimum atomic E-state index is -0.315. The Morgan fingerprint density at radius 2 is 1.58 bits per heavy atom. The number of fused-ring (bicyclic) bond motifs is 2. The molecule has 2 unspecified atom stereocenters. The Hall–Kier alpha value is -2.86. The van der Waals surface area contributed by atoms with Gasteiger partial charge in [0.15, 0.2) is 0 Å². The van der Waals surface area contributed by atoms with Gasteiger partial charge < -0.3 is 14.2 Å². The molecule has 0 radical (unpaired) electrons. The van der Waals surface area contributed by atoms with Crippen LogP contribution < -0.4 is 4.74 Å². The highest BCUT2D eigenvalue weighted by atomic mass is 16.6. The highest BCUT2D eigenvalue weighted by Crippen LogP contribution is 2.33. The molecule has 2 saturated heterocycles. The minimum Gasteiger partial charge on any atom is -0.494 e. The Morgan fingerprint density at radius 1 is 0.935 bits per heavy atom. The van der Waals surface area contributed by atoms with Crippen LogP contribution in [-0.4, -0.2) is 48.7 Å². The highest BCUT2D eigenvalue weighted by Gasteiger charge is 2.44. The lowest BCUT2D eigenvalue weighted by atomic mass is 9.81. The second-order valence-corrected chi connectivity index (χ2v) is 8.19. The van der Waals surface area contributed by atoms with E-state index in [9.17, 15) is 9.59 Å². The molecule has 2 aromatic rings. The predicted octanol–water partition coefficient (Wildman–Crippen LogP) is 4.23. The maximum Gasteiger partial charge on any atom is 0.410 e. The third kappa shape index (κ3) is 5.64. The SMILES string of the molecule is O=C(CCCOc1ccccc1)C1CC2COCC(C1)N2C(=O)OCc1ccccc1. The average Bonchev–Trinajstić information content (AvgIpc) is 2.80. The summed E-state index contributed by atoms with van der Waals surface area (Å²) in [5.41, 5.74) is 0.958. The molecule has 2 bridgehead atoms. The van der Waals surface area contributed by atoms with Gasteiger partial charge in [-0.3, -0.25) is 9.69 Å². The van der Waals surface area contributed by atoms with Gasteiger partial charge in [0.2, 0.25) is 0 Å². The van der Waals surface area contributed by atoms with Gasteiger partial charge >= 0.3 is 6.09 Å². The molecule has 164 valence electrons. The molecule has 2 heterocycles. The number of Topliss-reactive ketones (excluding diaryl/α,β-unsaturated/α-hetero) is 1. The molecule has 0 saturated carbocycles. The smallest absolute Gasteiger partial charge is 0.410 e. The van der Waals surface area contributed by atoms with E-state index in [-0.39, 0.29) is 36.5 Å². The van der Waals surface area contributed by atoms with Gasteiger partial charge in [-0.05, 0) is 37.0 Å². The van der Waals surface area contributed by atoms with Crippen molar-refractivity contribution in [3.63, 3.8) is 0 Å². The number of hydrogen-bond acceptors (Lipinski definition) is 5. The molecule has 0 aliphatic carbocycles. The summed E-state index contributed by atoms with van der Waals surface area (Å²) in [4.78, 5) is 27.4. The van der Waals surface area contributed by atoms with Crippen LogP contribution in [0.1, 0.15) is 31.2 Å². The van der Waals surface area contributed by atoms with E-state index in [2.05, 4.69) is 0 Å². The lowest BCUT2D eigenvalue weighted by Crippen LogP contribution is -2.59. The van der Waals surface area contributed by atoms with E-state index in [0.29, 0.717) is 45.5 Å². The molecular weight excluding hydrogens is 394 g/mol. The largest absolute Gasteiger partial charge is 0.494 e. The maximum atomic E-state index is 12.8. The number of carbonyl (C=O) groups is 2. The van der Waals surface area contributed by atoms with Crippen molar-refractivity contribution in [3.05, 3.63) is 66.2 Å². The van der Waals surface area contributed by atoms with Crippen LogP contribution in [0.15, 0.2) is 60.7 Å². The van der Waals surface area contributed by atoms with E-state index in [4.69, 9.17) is 14.2 Å². The summed E-state index contributed by atoms with van der Waals surface area (Å²) in [6.45, 7) is 1.69. The molecule has 2 aliphatic rings. The molecule has 31 heavy (non-hydrogen) atoms. The number of piperidine rings is 1.